The van der Waals surface area contributed by atoms with Crippen molar-refractivity contribution in [3.63, 3.8) is 0 Å². The number of fused-ring (bicyclic) bond motifs is 2. The first-order valence-corrected chi connectivity index (χ1v) is 31.7. The number of rotatable bonds is 4. The Morgan fingerprint density at radius 3 is 1.06 bits per heavy atom. The molecule has 0 fully saturated rings. The molecule has 0 saturated heterocycles. The molecule has 54 heavy (non-hydrogen) atoms. The summed E-state index contributed by atoms with van der Waals surface area (Å²) in [6, 6.07) is 22.0. The molecule has 2 aliphatic rings. The van der Waals surface area contributed by atoms with Gasteiger partial charge in [0.25, 0.3) is 0 Å². The van der Waals surface area contributed by atoms with Crippen molar-refractivity contribution in [1.82, 2.24) is 0 Å². The summed E-state index contributed by atoms with van der Waals surface area (Å²) >= 11 is 3.48. The van der Waals surface area contributed by atoms with E-state index >= 15 is 0 Å². The first kappa shape index (κ1) is 55.5. The van der Waals surface area contributed by atoms with Crippen LogP contribution in [0.1, 0.15) is 104 Å². The molecule has 0 radical (unpaired) electrons. The number of aryl methyl sites for hydroxylation is 4. The van der Waals surface area contributed by atoms with E-state index in [2.05, 4.69) is 193 Å². The van der Waals surface area contributed by atoms with Gasteiger partial charge in [-0.3, -0.25) is 12.2 Å². The molecule has 6 heteroatoms. The smallest absolute Gasteiger partial charge is 1.00 e. The van der Waals surface area contributed by atoms with Crippen molar-refractivity contribution in [2.24, 2.45) is 10.8 Å². The number of hydrogen-bond acceptors (Lipinski definition) is 0. The summed E-state index contributed by atoms with van der Waals surface area (Å²) in [5.74, 6) is 0. The summed E-state index contributed by atoms with van der Waals surface area (Å²) in [7, 11) is 0. The summed E-state index contributed by atoms with van der Waals surface area (Å²) in [5.41, 5.74) is 10.0. The van der Waals surface area contributed by atoms with Crippen molar-refractivity contribution in [3.8, 4) is 0 Å². The van der Waals surface area contributed by atoms with Crippen LogP contribution in [0.4, 0.5) is 0 Å². The van der Waals surface area contributed by atoms with Crippen LogP contribution in [0.5, 0.6) is 0 Å². The Morgan fingerprint density at radius 1 is 0.556 bits per heavy atom. The second-order valence-corrected chi connectivity index (χ2v) is 34.6. The molecule has 2 aliphatic carbocycles. The quantitative estimate of drug-likeness (QED) is 0.143. The van der Waals surface area contributed by atoms with Gasteiger partial charge in [0.05, 0.1) is 0 Å². The zero-order valence-corrected chi connectivity index (χ0v) is 44.5. The molecule has 0 heterocycles. The van der Waals surface area contributed by atoms with Gasteiger partial charge >= 0.3 is 83.7 Å². The second kappa shape index (κ2) is 28.7. The maximum absolute atomic E-state index is 3.16. The molecule has 4 aromatic rings. The van der Waals surface area contributed by atoms with Gasteiger partial charge in [0.1, 0.15) is 0 Å². The van der Waals surface area contributed by atoms with Crippen molar-refractivity contribution >= 4 is 32.4 Å². The SMILES string of the molecule is CC(C)(C)C1=CC[C-]=C1.CC(C)(C)C1=CC[C-]=C1.CCc1[cH-]c2ccccc2c1CC.CCc1[cH-]c2ccccc2c1CC.C[Si](C)=[Zr+2].C[Si](C)=[Zr+2].[Cl-].[Cl-]. The molecular formula is C48H68Cl2Si2Zr2-2. The number of benzene rings is 2. The zero-order valence-electron chi connectivity index (χ0n) is 36.1. The van der Waals surface area contributed by atoms with Crippen molar-refractivity contribution in [1.29, 1.82) is 0 Å². The Balaban J connectivity index is 0. The number of halogens is 2. The van der Waals surface area contributed by atoms with Crippen molar-refractivity contribution in [3.05, 3.63) is 131 Å². The molecule has 0 bridgehead atoms. The van der Waals surface area contributed by atoms with E-state index in [1.165, 1.54) is 54.9 Å². The maximum atomic E-state index is 3.16. The van der Waals surface area contributed by atoms with Crippen LogP contribution in [-0.4, -0.2) is 10.9 Å². The topological polar surface area (TPSA) is 0 Å². The van der Waals surface area contributed by atoms with Crippen LogP contribution in [-0.2, 0) is 72.4 Å². The molecule has 0 aliphatic heterocycles. The Hall–Kier alpha value is -0.600. The Kier molecular flexibility index (Phi) is 29.5. The van der Waals surface area contributed by atoms with Crippen molar-refractivity contribution in [2.75, 3.05) is 0 Å². The minimum atomic E-state index is 0. The molecule has 0 N–H and O–H groups in total. The van der Waals surface area contributed by atoms with Crippen LogP contribution >= 0.6 is 0 Å². The molecule has 0 nitrogen and oxygen atoms in total. The normalized spacial score (nSPS) is 12.4. The van der Waals surface area contributed by atoms with Crippen LogP contribution < -0.4 is 24.8 Å². The second-order valence-electron chi connectivity index (χ2n) is 15.8. The van der Waals surface area contributed by atoms with E-state index in [9.17, 15) is 0 Å². The summed E-state index contributed by atoms with van der Waals surface area (Å²) < 4.78 is 0. The predicted octanol–water partition coefficient (Wildman–Crippen LogP) is 8.39. The van der Waals surface area contributed by atoms with Crippen LogP contribution in [0, 0.1) is 23.0 Å². The molecule has 6 rings (SSSR count). The first-order chi connectivity index (χ1) is 24.4. The third-order valence-corrected chi connectivity index (χ3v) is 8.60. The maximum Gasteiger partial charge on any atom is -1.00 e. The van der Waals surface area contributed by atoms with E-state index < -0.39 is 0 Å². The van der Waals surface area contributed by atoms with Gasteiger partial charge in [-0.05, 0) is 12.8 Å². The van der Waals surface area contributed by atoms with Gasteiger partial charge in [0, 0.05) is 0 Å². The van der Waals surface area contributed by atoms with E-state index in [0.717, 1.165) is 38.5 Å². The van der Waals surface area contributed by atoms with E-state index in [-0.39, 0.29) is 35.7 Å². The van der Waals surface area contributed by atoms with Crippen molar-refractivity contribution in [2.45, 2.75) is 134 Å². The fraction of sp³-hybridized carbons (Fsp3) is 0.458. The zero-order chi connectivity index (χ0) is 39.5. The Labute approximate surface area is 375 Å². The molecule has 0 atom stereocenters. The summed E-state index contributed by atoms with van der Waals surface area (Å²) in [6.07, 6.45) is 21.6. The van der Waals surface area contributed by atoms with Crippen LogP contribution in [0.2, 0.25) is 26.2 Å². The minimum absolute atomic E-state index is 0. The van der Waals surface area contributed by atoms with Gasteiger partial charge in [-0.1, -0.05) is 105 Å². The molecule has 4 aromatic carbocycles. The van der Waals surface area contributed by atoms with Gasteiger partial charge in [-0.25, -0.2) is 12.2 Å². The summed E-state index contributed by atoms with van der Waals surface area (Å²) in [4.78, 5) is 0. The third kappa shape index (κ3) is 20.7. The summed E-state index contributed by atoms with van der Waals surface area (Å²) in [6.45, 7) is 31.5. The number of allylic oxidation sites excluding steroid dienone is 8. The van der Waals surface area contributed by atoms with E-state index in [1.54, 1.807) is 46.7 Å². The molecule has 292 valence electrons. The fourth-order valence-corrected chi connectivity index (χ4v) is 6.00. The number of hydrogen-bond donors (Lipinski definition) is 0. The average Bonchev–Trinajstić information content (AvgIpc) is 3.89. The van der Waals surface area contributed by atoms with Gasteiger partial charge in [0.2, 0.25) is 0 Å². The predicted molar refractivity (Wildman–Crippen MR) is 231 cm³/mol. The molecule has 0 spiro atoms. The largest absolute Gasteiger partial charge is 1.00 e. The van der Waals surface area contributed by atoms with Crippen LogP contribution in [0.25, 0.3) is 21.5 Å². The van der Waals surface area contributed by atoms with Crippen LogP contribution in [0.15, 0.2) is 96.1 Å². The van der Waals surface area contributed by atoms with Crippen molar-refractivity contribution < 1.29 is 71.5 Å². The monoisotopic (exact) mass is 950 g/mol. The van der Waals surface area contributed by atoms with E-state index in [1.807, 2.05) is 0 Å². The summed E-state index contributed by atoms with van der Waals surface area (Å²) in [5, 5.41) is 5.69. The van der Waals surface area contributed by atoms with E-state index in [4.69, 9.17) is 0 Å². The molecular weight excluding hydrogens is 886 g/mol. The van der Waals surface area contributed by atoms with Crippen LogP contribution in [0.3, 0.4) is 0 Å². The molecule has 0 saturated carbocycles. The first-order valence-electron chi connectivity index (χ1n) is 19.3. The third-order valence-electron chi connectivity index (χ3n) is 8.60. The van der Waals surface area contributed by atoms with E-state index in [0.29, 0.717) is 10.8 Å². The van der Waals surface area contributed by atoms with Gasteiger partial charge in [-0.15, -0.1) is 94.0 Å². The fourth-order valence-electron chi connectivity index (χ4n) is 6.00. The van der Waals surface area contributed by atoms with Gasteiger partial charge in [-0.2, -0.15) is 34.4 Å². The average molecular weight is 955 g/mol. The Morgan fingerprint density at radius 2 is 0.852 bits per heavy atom. The molecule has 0 unspecified atom stereocenters. The minimum Gasteiger partial charge on any atom is -1.00 e. The standard InChI is InChI=1S/2C13H15.2C9H13.2C2H6Si.2ClH.2Zr/c2*1-3-10-9-11-7-5-6-8-13(11)12(10)4-2;2*1-9(2,3)8-6-4-5-7-8;2*1-3-2;;;;/h2*5-9H,3-4H2,1-2H3;2*6-7H,4H2,1-3H3;2*1-2H3;2*1H;;/q4*-1;;;;;2*+2/p-2. The molecule has 0 amide bonds. The van der Waals surface area contributed by atoms with Gasteiger partial charge < -0.3 is 24.8 Å². The Bertz CT molecular complexity index is 1680. The van der Waals surface area contributed by atoms with Gasteiger partial charge in [0.15, 0.2) is 0 Å². The molecule has 0 aromatic heterocycles.